The molecule has 1 aliphatic rings. The average Bonchev–Trinajstić information content (AvgIpc) is 2.72. The standard InChI is InChI=1S/C22H19FN2O2S/c1-15-6-5-7-19(23)18(15)14-24-20-8-3-4-9-21(20)28-25(22(24)26)16-10-12-17(27-2)13-11-16/h3-13H,14H2,1-2H3. The van der Waals surface area contributed by atoms with Crippen LogP contribution in [0.15, 0.2) is 71.6 Å². The van der Waals surface area contributed by atoms with Gasteiger partial charge in [-0.1, -0.05) is 24.3 Å². The van der Waals surface area contributed by atoms with E-state index in [1.807, 2.05) is 61.5 Å². The van der Waals surface area contributed by atoms with Crippen molar-refractivity contribution in [2.75, 3.05) is 16.3 Å². The first kappa shape index (κ1) is 18.4. The second-order valence-corrected chi connectivity index (χ2v) is 7.44. The van der Waals surface area contributed by atoms with Gasteiger partial charge in [0.1, 0.15) is 11.6 Å². The number of ether oxygens (including phenoxy) is 1. The zero-order valence-electron chi connectivity index (χ0n) is 15.6. The predicted molar refractivity (Wildman–Crippen MR) is 110 cm³/mol. The summed E-state index contributed by atoms with van der Waals surface area (Å²) in [6, 6.07) is 19.7. The first-order chi connectivity index (χ1) is 13.6. The molecule has 4 rings (SSSR count). The lowest BCUT2D eigenvalue weighted by Gasteiger charge is -2.36. The van der Waals surface area contributed by atoms with Crippen molar-refractivity contribution in [3.63, 3.8) is 0 Å². The Morgan fingerprint density at radius 2 is 1.75 bits per heavy atom. The number of carbonyl (C=O) groups is 1. The summed E-state index contributed by atoms with van der Waals surface area (Å²) in [5.41, 5.74) is 2.86. The summed E-state index contributed by atoms with van der Waals surface area (Å²) in [5.74, 6) is 0.414. The number of fused-ring (bicyclic) bond motifs is 1. The Bertz CT molecular complexity index is 1000. The molecule has 0 spiro atoms. The zero-order valence-corrected chi connectivity index (χ0v) is 16.4. The fourth-order valence-electron chi connectivity index (χ4n) is 3.17. The maximum Gasteiger partial charge on any atom is 0.339 e. The number of methoxy groups -OCH3 is 1. The van der Waals surface area contributed by atoms with E-state index in [2.05, 4.69) is 0 Å². The van der Waals surface area contributed by atoms with Crippen molar-refractivity contribution >= 4 is 29.4 Å². The van der Waals surface area contributed by atoms with Crippen molar-refractivity contribution in [1.82, 2.24) is 0 Å². The van der Waals surface area contributed by atoms with Crippen LogP contribution in [0.5, 0.6) is 5.75 Å². The molecule has 2 amide bonds. The predicted octanol–water partition coefficient (Wildman–Crippen LogP) is 5.80. The van der Waals surface area contributed by atoms with Crippen LogP contribution in [0.1, 0.15) is 11.1 Å². The maximum atomic E-state index is 14.4. The Morgan fingerprint density at radius 3 is 2.46 bits per heavy atom. The highest BCUT2D eigenvalue weighted by Crippen LogP contribution is 2.42. The van der Waals surface area contributed by atoms with Gasteiger partial charge in [-0.25, -0.2) is 13.5 Å². The quantitative estimate of drug-likeness (QED) is 0.525. The van der Waals surface area contributed by atoms with Gasteiger partial charge in [0.2, 0.25) is 0 Å². The topological polar surface area (TPSA) is 32.8 Å². The number of nitrogens with zero attached hydrogens (tertiary/aromatic N) is 2. The molecule has 0 fully saturated rings. The van der Waals surface area contributed by atoms with Crippen LogP contribution in [0.25, 0.3) is 0 Å². The Hall–Kier alpha value is -2.99. The molecular weight excluding hydrogens is 375 g/mol. The number of hydrogen-bond acceptors (Lipinski definition) is 3. The molecule has 0 aromatic heterocycles. The van der Waals surface area contributed by atoms with Gasteiger partial charge >= 0.3 is 6.03 Å². The Labute approximate surface area is 167 Å². The molecule has 3 aromatic carbocycles. The normalized spacial score (nSPS) is 13.5. The molecule has 0 radical (unpaired) electrons. The number of para-hydroxylation sites is 1. The summed E-state index contributed by atoms with van der Waals surface area (Å²) in [4.78, 5) is 15.9. The minimum atomic E-state index is -0.306. The number of rotatable bonds is 4. The van der Waals surface area contributed by atoms with Crippen LogP contribution in [-0.4, -0.2) is 13.1 Å². The summed E-state index contributed by atoms with van der Waals surface area (Å²) in [7, 11) is 1.60. The van der Waals surface area contributed by atoms with Crippen LogP contribution in [-0.2, 0) is 6.54 Å². The van der Waals surface area contributed by atoms with Crippen LogP contribution in [0.3, 0.4) is 0 Å². The second-order valence-electron chi connectivity index (χ2n) is 6.46. The third-order valence-electron chi connectivity index (χ3n) is 4.73. The minimum Gasteiger partial charge on any atom is -0.497 e. The molecule has 0 saturated heterocycles. The summed E-state index contributed by atoms with van der Waals surface area (Å²) in [5, 5.41) is 0. The molecule has 142 valence electrons. The van der Waals surface area contributed by atoms with Gasteiger partial charge in [0.15, 0.2) is 0 Å². The Balaban J connectivity index is 1.74. The van der Waals surface area contributed by atoms with Gasteiger partial charge in [0.25, 0.3) is 0 Å². The molecule has 28 heavy (non-hydrogen) atoms. The fraction of sp³-hybridized carbons (Fsp3) is 0.136. The molecule has 4 nitrogen and oxygen atoms in total. The van der Waals surface area contributed by atoms with E-state index in [0.29, 0.717) is 5.56 Å². The summed E-state index contributed by atoms with van der Waals surface area (Å²) in [6.45, 7) is 2.02. The van der Waals surface area contributed by atoms with Crippen LogP contribution in [0.2, 0.25) is 0 Å². The van der Waals surface area contributed by atoms with E-state index in [4.69, 9.17) is 4.74 Å². The van der Waals surface area contributed by atoms with Crippen LogP contribution >= 0.6 is 11.9 Å². The molecule has 3 aromatic rings. The van der Waals surface area contributed by atoms with Crippen molar-refractivity contribution in [2.45, 2.75) is 18.4 Å². The number of carbonyl (C=O) groups excluding carboxylic acids is 1. The van der Waals surface area contributed by atoms with Gasteiger partial charge in [0, 0.05) is 5.56 Å². The summed E-state index contributed by atoms with van der Waals surface area (Å²) >= 11 is 1.36. The molecule has 0 aliphatic carbocycles. The van der Waals surface area contributed by atoms with E-state index in [1.165, 1.54) is 18.0 Å². The third-order valence-corrected chi connectivity index (χ3v) is 5.82. The second kappa shape index (κ2) is 7.56. The fourth-order valence-corrected chi connectivity index (χ4v) is 4.18. The number of anilines is 2. The first-order valence-corrected chi connectivity index (χ1v) is 9.62. The van der Waals surface area contributed by atoms with Crippen molar-refractivity contribution in [3.05, 3.63) is 83.7 Å². The van der Waals surface area contributed by atoms with Gasteiger partial charge in [-0.05, 0) is 66.9 Å². The molecule has 6 heteroatoms. The smallest absolute Gasteiger partial charge is 0.339 e. The van der Waals surface area contributed by atoms with Crippen molar-refractivity contribution < 1.29 is 13.9 Å². The minimum absolute atomic E-state index is 0.168. The average molecular weight is 394 g/mol. The first-order valence-electron chi connectivity index (χ1n) is 8.85. The summed E-state index contributed by atoms with van der Waals surface area (Å²) in [6.07, 6.45) is 0. The lowest BCUT2D eigenvalue weighted by molar-refractivity contribution is 0.254. The Morgan fingerprint density at radius 1 is 1.00 bits per heavy atom. The van der Waals surface area contributed by atoms with Crippen LogP contribution in [0.4, 0.5) is 20.6 Å². The maximum absolute atomic E-state index is 14.4. The molecule has 1 heterocycles. The molecule has 0 atom stereocenters. The van der Waals surface area contributed by atoms with E-state index in [-0.39, 0.29) is 18.4 Å². The molecule has 0 N–H and O–H groups in total. The van der Waals surface area contributed by atoms with E-state index in [0.717, 1.165) is 27.6 Å². The van der Waals surface area contributed by atoms with Crippen LogP contribution < -0.4 is 13.9 Å². The molecule has 1 aliphatic heterocycles. The van der Waals surface area contributed by atoms with E-state index in [1.54, 1.807) is 22.4 Å². The largest absolute Gasteiger partial charge is 0.497 e. The third kappa shape index (κ3) is 3.31. The highest BCUT2D eigenvalue weighted by atomic mass is 32.2. The van der Waals surface area contributed by atoms with E-state index < -0.39 is 0 Å². The van der Waals surface area contributed by atoms with Crippen LogP contribution in [0, 0.1) is 12.7 Å². The Kier molecular flexibility index (Phi) is 4.96. The van der Waals surface area contributed by atoms with Gasteiger partial charge in [0.05, 0.1) is 29.9 Å². The van der Waals surface area contributed by atoms with E-state index in [9.17, 15) is 9.18 Å². The number of hydrogen-bond donors (Lipinski definition) is 0. The van der Waals surface area contributed by atoms with Gasteiger partial charge in [-0.3, -0.25) is 4.90 Å². The molecule has 0 bridgehead atoms. The lowest BCUT2D eigenvalue weighted by Crippen LogP contribution is -2.43. The van der Waals surface area contributed by atoms with Crippen molar-refractivity contribution in [2.24, 2.45) is 0 Å². The lowest BCUT2D eigenvalue weighted by atomic mass is 10.1. The molecular formula is C22H19FN2O2S. The molecule has 0 unspecified atom stereocenters. The number of halogens is 1. The highest BCUT2D eigenvalue weighted by Gasteiger charge is 2.33. The monoisotopic (exact) mass is 394 g/mol. The number of aryl methyl sites for hydroxylation is 1. The molecule has 0 saturated carbocycles. The summed E-state index contributed by atoms with van der Waals surface area (Å²) < 4.78 is 21.3. The number of urea groups is 1. The van der Waals surface area contributed by atoms with Gasteiger partial charge in [-0.15, -0.1) is 0 Å². The van der Waals surface area contributed by atoms with Gasteiger partial charge < -0.3 is 4.74 Å². The van der Waals surface area contributed by atoms with Crippen molar-refractivity contribution in [1.29, 1.82) is 0 Å². The SMILES string of the molecule is COc1ccc(N2Sc3ccccc3N(Cc3c(C)cccc3F)C2=O)cc1. The number of benzene rings is 3. The highest BCUT2D eigenvalue weighted by molar-refractivity contribution is 8.01. The zero-order chi connectivity index (χ0) is 19.7. The van der Waals surface area contributed by atoms with Gasteiger partial charge in [-0.2, -0.15) is 0 Å². The number of amides is 2. The van der Waals surface area contributed by atoms with E-state index >= 15 is 0 Å². The van der Waals surface area contributed by atoms with Crippen molar-refractivity contribution in [3.8, 4) is 5.75 Å².